The lowest BCUT2D eigenvalue weighted by molar-refractivity contribution is 0.0515. The van der Waals surface area contributed by atoms with E-state index < -0.39 is 0 Å². The molecule has 5 nitrogen and oxygen atoms in total. The van der Waals surface area contributed by atoms with E-state index in [9.17, 15) is 9.59 Å². The van der Waals surface area contributed by atoms with E-state index >= 15 is 0 Å². The molecule has 1 amide bonds. The highest BCUT2D eigenvalue weighted by Gasteiger charge is 2.32. The van der Waals surface area contributed by atoms with Gasteiger partial charge in [0.15, 0.2) is 0 Å². The molecule has 1 aliphatic heterocycles. The summed E-state index contributed by atoms with van der Waals surface area (Å²) in [5.41, 5.74) is 0.682. The van der Waals surface area contributed by atoms with E-state index in [0.717, 1.165) is 18.4 Å². The lowest BCUT2D eigenvalue weighted by atomic mass is 9.97. The number of amides is 1. The minimum atomic E-state index is -0.0856. The Morgan fingerprint density at radius 2 is 1.95 bits per heavy atom. The number of nitrogens with zero attached hydrogens (tertiary/aromatic N) is 3. The minimum Gasteiger partial charge on any atom is -0.333 e. The number of likely N-dealkylation sites (tertiary alicyclic amines) is 1. The van der Waals surface area contributed by atoms with Crippen LogP contribution in [0.1, 0.15) is 48.3 Å². The minimum absolute atomic E-state index is 0.0438. The van der Waals surface area contributed by atoms with Gasteiger partial charge in [0.25, 0.3) is 11.5 Å². The van der Waals surface area contributed by atoms with Crippen molar-refractivity contribution >= 4 is 27.5 Å². The maximum absolute atomic E-state index is 13.0. The number of aryl methyl sites for hydroxylation is 2. The average molecular weight is 319 g/mol. The number of carbonyl (C=O) groups is 1. The summed E-state index contributed by atoms with van der Waals surface area (Å²) in [4.78, 5) is 32.9. The lowest BCUT2D eigenvalue weighted by Crippen LogP contribution is -2.47. The van der Waals surface area contributed by atoms with Crippen molar-refractivity contribution in [2.24, 2.45) is 7.05 Å². The first kappa shape index (κ1) is 15.2. The summed E-state index contributed by atoms with van der Waals surface area (Å²) in [6, 6.07) is 0.494. The number of hydrogen-bond acceptors (Lipinski definition) is 4. The Morgan fingerprint density at radius 3 is 2.59 bits per heavy atom. The molecule has 0 radical (unpaired) electrons. The quantitative estimate of drug-likeness (QED) is 0.812. The first-order valence-electron chi connectivity index (χ1n) is 7.69. The molecule has 3 rings (SSSR count). The molecule has 0 aromatic carbocycles. The first-order chi connectivity index (χ1) is 10.4. The molecule has 1 saturated heterocycles. The van der Waals surface area contributed by atoms with E-state index in [1.54, 1.807) is 7.05 Å². The van der Waals surface area contributed by atoms with Crippen LogP contribution in [0.3, 0.4) is 0 Å². The van der Waals surface area contributed by atoms with Crippen LogP contribution >= 0.6 is 11.3 Å². The molecule has 2 aromatic rings. The number of aromatic nitrogens is 2. The van der Waals surface area contributed by atoms with E-state index in [1.807, 2.05) is 11.8 Å². The molecule has 0 aliphatic carbocycles. The Bertz CT molecular complexity index is 783. The van der Waals surface area contributed by atoms with Gasteiger partial charge in [-0.05, 0) is 45.6 Å². The summed E-state index contributed by atoms with van der Waals surface area (Å²) < 4.78 is 1.46. The SMILES string of the molecule is Cc1c(C(=O)N2C(C)CCCC2C)sc2ncn(C)c(=O)c12. The number of hydrogen-bond donors (Lipinski definition) is 0. The van der Waals surface area contributed by atoms with Crippen LogP contribution in [0.25, 0.3) is 10.2 Å². The van der Waals surface area contributed by atoms with Crippen molar-refractivity contribution in [1.82, 2.24) is 14.5 Å². The molecule has 2 atom stereocenters. The molecule has 0 spiro atoms. The molecule has 3 heterocycles. The van der Waals surface area contributed by atoms with Gasteiger partial charge in [0.1, 0.15) is 4.83 Å². The Labute approximate surface area is 133 Å². The third-order valence-corrected chi connectivity index (χ3v) is 5.82. The molecular formula is C16H21N3O2S. The Morgan fingerprint density at radius 1 is 1.32 bits per heavy atom. The molecule has 1 fully saturated rings. The summed E-state index contributed by atoms with van der Waals surface area (Å²) in [5, 5.41) is 0.579. The van der Waals surface area contributed by atoms with Crippen LogP contribution in [0.2, 0.25) is 0 Å². The number of fused-ring (bicyclic) bond motifs is 1. The van der Waals surface area contributed by atoms with E-state index in [1.165, 1.54) is 28.7 Å². The molecule has 1 aliphatic rings. The molecule has 2 aromatic heterocycles. The van der Waals surface area contributed by atoms with Gasteiger partial charge in [-0.25, -0.2) is 4.98 Å². The number of rotatable bonds is 1. The maximum atomic E-state index is 13.0. The summed E-state index contributed by atoms with van der Waals surface area (Å²) >= 11 is 1.34. The average Bonchev–Trinajstić information content (AvgIpc) is 2.80. The van der Waals surface area contributed by atoms with Gasteiger partial charge in [0.2, 0.25) is 0 Å². The van der Waals surface area contributed by atoms with E-state index in [0.29, 0.717) is 15.1 Å². The fraction of sp³-hybridized carbons (Fsp3) is 0.562. The molecule has 0 saturated carbocycles. The third kappa shape index (κ3) is 2.26. The largest absolute Gasteiger partial charge is 0.333 e. The highest BCUT2D eigenvalue weighted by atomic mass is 32.1. The van der Waals surface area contributed by atoms with Crippen LogP contribution < -0.4 is 5.56 Å². The van der Waals surface area contributed by atoms with Crippen LogP contribution in [-0.2, 0) is 7.05 Å². The number of carbonyl (C=O) groups excluding carboxylic acids is 1. The predicted octanol–water partition coefficient (Wildman–Crippen LogP) is 2.71. The highest BCUT2D eigenvalue weighted by Crippen LogP contribution is 2.31. The van der Waals surface area contributed by atoms with E-state index in [4.69, 9.17) is 0 Å². The second kappa shape index (κ2) is 5.50. The van der Waals surface area contributed by atoms with Crippen LogP contribution in [-0.4, -0.2) is 32.4 Å². The Kier molecular flexibility index (Phi) is 3.80. The van der Waals surface area contributed by atoms with Crippen LogP contribution in [0, 0.1) is 6.92 Å². The van der Waals surface area contributed by atoms with Gasteiger partial charge in [0.05, 0.1) is 16.6 Å². The van der Waals surface area contributed by atoms with Crippen molar-refractivity contribution < 1.29 is 4.79 Å². The van der Waals surface area contributed by atoms with Gasteiger partial charge in [-0.2, -0.15) is 0 Å². The van der Waals surface area contributed by atoms with E-state index in [2.05, 4.69) is 18.8 Å². The van der Waals surface area contributed by atoms with Crippen LogP contribution in [0.4, 0.5) is 0 Å². The lowest BCUT2D eigenvalue weighted by Gasteiger charge is -2.39. The Balaban J connectivity index is 2.10. The van der Waals surface area contributed by atoms with Gasteiger partial charge < -0.3 is 9.47 Å². The zero-order chi connectivity index (χ0) is 16.0. The molecular weight excluding hydrogens is 298 g/mol. The fourth-order valence-corrected chi connectivity index (χ4v) is 4.44. The molecule has 0 bridgehead atoms. The summed E-state index contributed by atoms with van der Waals surface area (Å²) in [7, 11) is 1.68. The summed E-state index contributed by atoms with van der Waals surface area (Å²) in [6.45, 7) is 6.06. The third-order valence-electron chi connectivity index (χ3n) is 4.63. The van der Waals surface area contributed by atoms with Gasteiger partial charge >= 0.3 is 0 Å². The standard InChI is InChI=1S/C16H21N3O2S/c1-9-6-5-7-10(2)19(9)16(21)13-11(3)12-14(22-13)17-8-18(4)15(12)20/h8-10H,5-7H2,1-4H3. The van der Waals surface area contributed by atoms with Gasteiger partial charge in [0, 0.05) is 19.1 Å². The zero-order valence-electron chi connectivity index (χ0n) is 13.4. The second-order valence-electron chi connectivity index (χ2n) is 6.24. The smallest absolute Gasteiger partial charge is 0.264 e. The van der Waals surface area contributed by atoms with Gasteiger partial charge in [-0.1, -0.05) is 0 Å². The normalized spacial score (nSPS) is 22.3. The van der Waals surface area contributed by atoms with Crippen molar-refractivity contribution in [2.45, 2.75) is 52.1 Å². The second-order valence-corrected chi connectivity index (χ2v) is 7.24. The van der Waals surface area contributed by atoms with Crippen molar-refractivity contribution in [1.29, 1.82) is 0 Å². The van der Waals surface area contributed by atoms with Crippen molar-refractivity contribution in [3.8, 4) is 0 Å². The maximum Gasteiger partial charge on any atom is 0.264 e. The monoisotopic (exact) mass is 319 g/mol. The number of thiophene rings is 1. The summed E-state index contributed by atoms with van der Waals surface area (Å²) in [5.74, 6) is 0.0438. The fourth-order valence-electron chi connectivity index (χ4n) is 3.35. The van der Waals surface area contributed by atoms with Gasteiger partial charge in [-0.3, -0.25) is 9.59 Å². The van der Waals surface area contributed by atoms with Gasteiger partial charge in [-0.15, -0.1) is 11.3 Å². The highest BCUT2D eigenvalue weighted by molar-refractivity contribution is 7.20. The van der Waals surface area contributed by atoms with Crippen molar-refractivity contribution in [3.63, 3.8) is 0 Å². The van der Waals surface area contributed by atoms with Crippen molar-refractivity contribution in [2.75, 3.05) is 0 Å². The van der Waals surface area contributed by atoms with Crippen molar-refractivity contribution in [3.05, 3.63) is 27.1 Å². The zero-order valence-corrected chi connectivity index (χ0v) is 14.2. The van der Waals surface area contributed by atoms with E-state index in [-0.39, 0.29) is 23.6 Å². The molecule has 2 unspecified atom stereocenters. The van der Waals surface area contributed by atoms with Crippen LogP contribution in [0.15, 0.2) is 11.1 Å². The number of piperidine rings is 1. The predicted molar refractivity (Wildman–Crippen MR) is 88.5 cm³/mol. The molecule has 118 valence electrons. The topological polar surface area (TPSA) is 55.2 Å². The molecule has 0 N–H and O–H groups in total. The summed E-state index contributed by atoms with van der Waals surface area (Å²) in [6.07, 6.45) is 4.76. The molecule has 6 heteroatoms. The molecule has 22 heavy (non-hydrogen) atoms. The first-order valence-corrected chi connectivity index (χ1v) is 8.51. The Hall–Kier alpha value is -1.69. The van der Waals surface area contributed by atoms with Crippen LogP contribution in [0.5, 0.6) is 0 Å².